The molecule has 188 valence electrons. The van der Waals surface area contributed by atoms with Gasteiger partial charge in [-0.25, -0.2) is 0 Å². The number of ether oxygens (including phenoxy) is 4. The van der Waals surface area contributed by atoms with E-state index in [0.717, 1.165) is 11.1 Å². The highest BCUT2D eigenvalue weighted by atomic mass is 16.5. The van der Waals surface area contributed by atoms with Crippen molar-refractivity contribution < 1.29 is 23.7 Å². The van der Waals surface area contributed by atoms with Crippen molar-refractivity contribution in [2.45, 2.75) is 26.9 Å². The van der Waals surface area contributed by atoms with E-state index in [-0.39, 0.29) is 12.5 Å². The number of fused-ring (bicyclic) bond motifs is 1. The number of nitrogens with one attached hydrogen (secondary N) is 1. The molecule has 0 saturated carbocycles. The molecule has 4 rings (SSSR count). The topological polar surface area (TPSA) is 109 Å². The van der Waals surface area contributed by atoms with Crippen LogP contribution in [0.1, 0.15) is 18.1 Å². The van der Waals surface area contributed by atoms with Gasteiger partial charge in [0.15, 0.2) is 17.6 Å². The van der Waals surface area contributed by atoms with Crippen LogP contribution in [0.25, 0.3) is 17.0 Å². The average molecular weight is 492 g/mol. The zero-order valence-electron chi connectivity index (χ0n) is 20.9. The third-order valence-corrected chi connectivity index (χ3v) is 5.56. The minimum Gasteiger partial charge on any atom is -0.497 e. The third-order valence-electron chi connectivity index (χ3n) is 5.56. The van der Waals surface area contributed by atoms with Crippen molar-refractivity contribution in [2.24, 2.45) is 0 Å². The number of nitrogens with zero attached hydrogens (tertiary/aromatic N) is 4. The van der Waals surface area contributed by atoms with Crippen LogP contribution in [0.2, 0.25) is 0 Å². The van der Waals surface area contributed by atoms with Gasteiger partial charge in [0.25, 0.3) is 5.91 Å². The number of aromatic nitrogens is 4. The Morgan fingerprint density at radius 2 is 1.83 bits per heavy atom. The Labute approximate surface area is 209 Å². The molecule has 2 aromatic carbocycles. The second kappa shape index (κ2) is 10.9. The number of rotatable bonds is 10. The van der Waals surface area contributed by atoms with Crippen molar-refractivity contribution in [2.75, 3.05) is 27.4 Å². The number of hydrogen-bond acceptors (Lipinski definition) is 8. The van der Waals surface area contributed by atoms with Gasteiger partial charge in [-0.2, -0.15) is 4.52 Å². The Morgan fingerprint density at radius 3 is 2.61 bits per heavy atom. The molecule has 0 fully saturated rings. The van der Waals surface area contributed by atoms with Crippen LogP contribution in [0.15, 0.2) is 48.5 Å². The molecule has 0 radical (unpaired) electrons. The summed E-state index contributed by atoms with van der Waals surface area (Å²) in [5.74, 6) is 2.58. The maximum atomic E-state index is 12.5. The number of aryl methyl sites for hydroxylation is 2. The van der Waals surface area contributed by atoms with E-state index in [0.29, 0.717) is 46.7 Å². The molecule has 0 spiro atoms. The Bertz CT molecular complexity index is 1370. The predicted octanol–water partition coefficient (Wildman–Crippen LogP) is 3.39. The molecule has 0 aliphatic rings. The van der Waals surface area contributed by atoms with Gasteiger partial charge in [-0.3, -0.25) is 4.79 Å². The highest BCUT2D eigenvalue weighted by molar-refractivity contribution is 5.80. The average Bonchev–Trinajstić information content (AvgIpc) is 3.31. The van der Waals surface area contributed by atoms with Crippen LogP contribution in [0.5, 0.6) is 23.1 Å². The van der Waals surface area contributed by atoms with E-state index < -0.39 is 6.10 Å². The molecular weight excluding hydrogens is 462 g/mol. The zero-order valence-corrected chi connectivity index (χ0v) is 20.9. The van der Waals surface area contributed by atoms with Gasteiger partial charge in [0.2, 0.25) is 5.88 Å². The molecule has 36 heavy (non-hydrogen) atoms. The van der Waals surface area contributed by atoms with E-state index in [1.54, 1.807) is 43.9 Å². The fourth-order valence-corrected chi connectivity index (χ4v) is 3.55. The lowest BCUT2D eigenvalue weighted by molar-refractivity contribution is -0.127. The number of carbonyl (C=O) groups is 1. The molecule has 0 aliphatic heterocycles. The molecule has 2 heterocycles. The first kappa shape index (κ1) is 24.8. The standard InChI is InChI=1S/C26H29N5O5/c1-16-6-7-17(2)21(14-16)36-18(3)26(32)27-12-13-35-24-11-10-23-28-29-25(31(23)30-24)20-9-8-19(33-4)15-22(20)34-5/h6-11,14-15,18H,12-13H2,1-5H3,(H,27,32). The van der Waals surface area contributed by atoms with Gasteiger partial charge in [0.1, 0.15) is 23.9 Å². The predicted molar refractivity (Wildman–Crippen MR) is 134 cm³/mol. The molecule has 0 aliphatic carbocycles. The molecule has 0 bridgehead atoms. The Morgan fingerprint density at radius 1 is 1.00 bits per heavy atom. The zero-order chi connectivity index (χ0) is 25.7. The lowest BCUT2D eigenvalue weighted by atomic mass is 10.1. The first-order valence-corrected chi connectivity index (χ1v) is 11.5. The summed E-state index contributed by atoms with van der Waals surface area (Å²) in [7, 11) is 3.17. The number of amides is 1. The van der Waals surface area contributed by atoms with Crippen molar-refractivity contribution in [3.05, 3.63) is 59.7 Å². The SMILES string of the molecule is COc1ccc(-c2nnc3ccc(OCCNC(=O)C(C)Oc4cc(C)ccc4C)nn23)c(OC)c1. The van der Waals surface area contributed by atoms with Crippen molar-refractivity contribution in [1.29, 1.82) is 0 Å². The summed E-state index contributed by atoms with van der Waals surface area (Å²) in [4.78, 5) is 12.5. The third kappa shape index (κ3) is 5.48. The molecule has 2 aromatic heterocycles. The summed E-state index contributed by atoms with van der Waals surface area (Å²) in [6.45, 7) is 6.16. The van der Waals surface area contributed by atoms with E-state index in [9.17, 15) is 4.79 Å². The second-order valence-corrected chi connectivity index (χ2v) is 8.20. The lowest BCUT2D eigenvalue weighted by Crippen LogP contribution is -2.38. The van der Waals surface area contributed by atoms with Gasteiger partial charge in [-0.15, -0.1) is 15.3 Å². The van der Waals surface area contributed by atoms with Crippen LogP contribution >= 0.6 is 0 Å². The molecule has 1 unspecified atom stereocenters. The highest BCUT2D eigenvalue weighted by Crippen LogP contribution is 2.32. The molecule has 10 heteroatoms. The smallest absolute Gasteiger partial charge is 0.260 e. The molecule has 1 atom stereocenters. The van der Waals surface area contributed by atoms with E-state index in [1.165, 1.54) is 0 Å². The molecule has 1 amide bonds. The van der Waals surface area contributed by atoms with Crippen LogP contribution in [0.3, 0.4) is 0 Å². The van der Waals surface area contributed by atoms with Gasteiger partial charge < -0.3 is 24.3 Å². The molecule has 4 aromatic rings. The van der Waals surface area contributed by atoms with E-state index in [2.05, 4.69) is 20.6 Å². The van der Waals surface area contributed by atoms with E-state index >= 15 is 0 Å². The van der Waals surface area contributed by atoms with Crippen molar-refractivity contribution in [3.8, 4) is 34.5 Å². The quantitative estimate of drug-likeness (QED) is 0.336. The normalized spacial score (nSPS) is 11.7. The second-order valence-electron chi connectivity index (χ2n) is 8.20. The minimum atomic E-state index is -0.640. The van der Waals surface area contributed by atoms with Crippen LogP contribution in [0, 0.1) is 13.8 Å². The molecule has 10 nitrogen and oxygen atoms in total. The van der Waals surface area contributed by atoms with Crippen molar-refractivity contribution in [3.63, 3.8) is 0 Å². The summed E-state index contributed by atoms with van der Waals surface area (Å²) in [5.41, 5.74) is 3.31. The summed E-state index contributed by atoms with van der Waals surface area (Å²) in [6, 6.07) is 14.8. The highest BCUT2D eigenvalue weighted by Gasteiger charge is 2.17. The number of benzene rings is 2. The van der Waals surface area contributed by atoms with Gasteiger partial charge >= 0.3 is 0 Å². The first-order valence-electron chi connectivity index (χ1n) is 11.5. The molecule has 0 saturated heterocycles. The Kier molecular flexibility index (Phi) is 7.53. The van der Waals surface area contributed by atoms with Crippen LogP contribution < -0.4 is 24.3 Å². The van der Waals surface area contributed by atoms with Gasteiger partial charge in [-0.1, -0.05) is 12.1 Å². The Hall–Kier alpha value is -4.34. The van der Waals surface area contributed by atoms with E-state index in [4.69, 9.17) is 18.9 Å². The first-order chi connectivity index (χ1) is 17.4. The minimum absolute atomic E-state index is 0.226. The van der Waals surface area contributed by atoms with Gasteiger partial charge in [0, 0.05) is 12.1 Å². The van der Waals surface area contributed by atoms with Crippen LogP contribution in [0.4, 0.5) is 0 Å². The lowest BCUT2D eigenvalue weighted by Gasteiger charge is -2.16. The van der Waals surface area contributed by atoms with Crippen LogP contribution in [-0.2, 0) is 4.79 Å². The van der Waals surface area contributed by atoms with Gasteiger partial charge in [0.05, 0.1) is 26.3 Å². The summed E-state index contributed by atoms with van der Waals surface area (Å²) >= 11 is 0. The summed E-state index contributed by atoms with van der Waals surface area (Å²) in [5, 5.41) is 15.8. The van der Waals surface area contributed by atoms with Crippen molar-refractivity contribution in [1.82, 2.24) is 25.1 Å². The fraction of sp³-hybridized carbons (Fsp3) is 0.308. The van der Waals surface area contributed by atoms with E-state index in [1.807, 2.05) is 44.2 Å². The largest absolute Gasteiger partial charge is 0.497 e. The summed E-state index contributed by atoms with van der Waals surface area (Å²) < 4.78 is 23.9. The molecule has 1 N–H and O–H groups in total. The number of carbonyl (C=O) groups excluding carboxylic acids is 1. The maximum Gasteiger partial charge on any atom is 0.260 e. The number of methoxy groups -OCH3 is 2. The Balaban J connectivity index is 1.37. The van der Waals surface area contributed by atoms with Gasteiger partial charge in [-0.05, 0) is 56.2 Å². The maximum absolute atomic E-state index is 12.5. The monoisotopic (exact) mass is 491 g/mol. The van der Waals surface area contributed by atoms with Crippen molar-refractivity contribution >= 4 is 11.6 Å². The molecular formula is C26H29N5O5. The number of hydrogen-bond donors (Lipinski definition) is 1. The fourth-order valence-electron chi connectivity index (χ4n) is 3.55. The van der Waals surface area contributed by atoms with Crippen LogP contribution in [-0.4, -0.2) is 59.2 Å². The summed E-state index contributed by atoms with van der Waals surface area (Å²) in [6.07, 6.45) is -0.640.